The molecule has 6 heteroatoms. The summed E-state index contributed by atoms with van der Waals surface area (Å²) in [7, 11) is 3.30. The standard InChI is InChI=1S/C17H17IN2O2S/c1-9(2)17-20-14(8-23-17)12-7-11(18)16-13(19-12)5-10(21-3)6-15(16)22-4/h5-9H,1-4H3. The number of halogens is 1. The molecule has 4 nitrogen and oxygen atoms in total. The molecular weight excluding hydrogens is 423 g/mol. The Labute approximate surface area is 153 Å². The van der Waals surface area contributed by atoms with Crippen molar-refractivity contribution in [2.75, 3.05) is 14.2 Å². The molecule has 0 fully saturated rings. The molecule has 23 heavy (non-hydrogen) atoms. The molecule has 0 aliphatic rings. The van der Waals surface area contributed by atoms with Crippen molar-refractivity contribution in [1.82, 2.24) is 9.97 Å². The minimum atomic E-state index is 0.425. The Kier molecular flexibility index (Phi) is 4.72. The van der Waals surface area contributed by atoms with Crippen molar-refractivity contribution in [3.63, 3.8) is 0 Å². The molecule has 0 atom stereocenters. The SMILES string of the molecule is COc1cc(OC)c2c(I)cc(-c3csc(C(C)C)n3)nc2c1. The van der Waals surface area contributed by atoms with Crippen molar-refractivity contribution in [2.45, 2.75) is 19.8 Å². The Morgan fingerprint density at radius 2 is 1.83 bits per heavy atom. The summed E-state index contributed by atoms with van der Waals surface area (Å²) in [5, 5.41) is 4.19. The molecule has 1 aromatic carbocycles. The average molecular weight is 440 g/mol. The number of rotatable bonds is 4. The largest absolute Gasteiger partial charge is 0.497 e. The first-order valence-electron chi connectivity index (χ1n) is 7.21. The zero-order valence-electron chi connectivity index (χ0n) is 13.4. The fraction of sp³-hybridized carbons (Fsp3) is 0.294. The zero-order valence-corrected chi connectivity index (χ0v) is 16.4. The topological polar surface area (TPSA) is 44.2 Å². The lowest BCUT2D eigenvalue weighted by Crippen LogP contribution is -1.95. The molecule has 0 radical (unpaired) electrons. The van der Waals surface area contributed by atoms with Gasteiger partial charge in [0.1, 0.15) is 11.5 Å². The van der Waals surface area contributed by atoms with E-state index in [0.717, 1.165) is 42.4 Å². The first kappa shape index (κ1) is 16.4. The van der Waals surface area contributed by atoms with E-state index in [0.29, 0.717) is 5.92 Å². The van der Waals surface area contributed by atoms with Crippen LogP contribution in [0.25, 0.3) is 22.3 Å². The summed E-state index contributed by atoms with van der Waals surface area (Å²) >= 11 is 3.99. The van der Waals surface area contributed by atoms with E-state index in [1.807, 2.05) is 12.1 Å². The number of hydrogen-bond donors (Lipinski definition) is 0. The van der Waals surface area contributed by atoms with Crippen LogP contribution in [0.2, 0.25) is 0 Å². The number of methoxy groups -OCH3 is 2. The highest BCUT2D eigenvalue weighted by Crippen LogP contribution is 2.36. The molecule has 0 unspecified atom stereocenters. The Balaban J connectivity index is 2.19. The predicted molar refractivity (Wildman–Crippen MR) is 103 cm³/mol. The summed E-state index contributed by atoms with van der Waals surface area (Å²) in [5.74, 6) is 1.92. The van der Waals surface area contributed by atoms with E-state index >= 15 is 0 Å². The fourth-order valence-electron chi connectivity index (χ4n) is 2.34. The van der Waals surface area contributed by atoms with E-state index in [1.54, 1.807) is 25.6 Å². The number of hydrogen-bond acceptors (Lipinski definition) is 5. The number of benzene rings is 1. The molecule has 0 N–H and O–H groups in total. The van der Waals surface area contributed by atoms with Crippen molar-refractivity contribution in [1.29, 1.82) is 0 Å². The molecule has 120 valence electrons. The van der Waals surface area contributed by atoms with Gasteiger partial charge in [-0.05, 0) is 28.7 Å². The Morgan fingerprint density at radius 1 is 1.04 bits per heavy atom. The Hall–Kier alpha value is -1.41. The average Bonchev–Trinajstić information content (AvgIpc) is 3.03. The van der Waals surface area contributed by atoms with Crippen LogP contribution in [0.5, 0.6) is 11.5 Å². The highest BCUT2D eigenvalue weighted by molar-refractivity contribution is 14.1. The minimum Gasteiger partial charge on any atom is -0.497 e. The van der Waals surface area contributed by atoms with Crippen LogP contribution in [0.15, 0.2) is 23.6 Å². The Bertz CT molecular complexity index is 861. The maximum atomic E-state index is 5.49. The summed E-state index contributed by atoms with van der Waals surface area (Å²) in [5.41, 5.74) is 2.64. The van der Waals surface area contributed by atoms with Crippen molar-refractivity contribution >= 4 is 44.8 Å². The van der Waals surface area contributed by atoms with Crippen LogP contribution in [-0.4, -0.2) is 24.2 Å². The monoisotopic (exact) mass is 440 g/mol. The first-order chi connectivity index (χ1) is 11.0. The molecule has 0 aliphatic heterocycles. The second-order valence-corrected chi connectivity index (χ2v) is 7.49. The zero-order chi connectivity index (χ0) is 16.6. The minimum absolute atomic E-state index is 0.425. The highest BCUT2D eigenvalue weighted by Gasteiger charge is 2.15. The normalized spacial score (nSPS) is 11.2. The smallest absolute Gasteiger partial charge is 0.133 e. The summed E-state index contributed by atoms with van der Waals surface area (Å²) in [6.45, 7) is 4.30. The summed E-state index contributed by atoms with van der Waals surface area (Å²) in [6, 6.07) is 5.86. The number of ether oxygens (including phenoxy) is 2. The number of aromatic nitrogens is 2. The van der Waals surface area contributed by atoms with Crippen LogP contribution in [0, 0.1) is 3.57 Å². The maximum Gasteiger partial charge on any atom is 0.133 e. The second-order valence-electron chi connectivity index (χ2n) is 5.44. The van der Waals surface area contributed by atoms with E-state index in [1.165, 1.54) is 0 Å². The van der Waals surface area contributed by atoms with Gasteiger partial charge in [-0.3, -0.25) is 0 Å². The number of thiazole rings is 1. The number of nitrogens with zero attached hydrogens (tertiary/aromatic N) is 2. The van der Waals surface area contributed by atoms with E-state index in [2.05, 4.69) is 47.9 Å². The van der Waals surface area contributed by atoms with E-state index in [-0.39, 0.29) is 0 Å². The van der Waals surface area contributed by atoms with Crippen LogP contribution in [0.1, 0.15) is 24.8 Å². The van der Waals surface area contributed by atoms with E-state index < -0.39 is 0 Å². The molecular formula is C17H17IN2O2S. The van der Waals surface area contributed by atoms with Crippen molar-refractivity contribution in [3.8, 4) is 22.9 Å². The van der Waals surface area contributed by atoms with Gasteiger partial charge in [-0.1, -0.05) is 13.8 Å². The molecule has 3 aromatic rings. The van der Waals surface area contributed by atoms with Gasteiger partial charge >= 0.3 is 0 Å². The fourth-order valence-corrected chi connectivity index (χ4v) is 4.01. The van der Waals surface area contributed by atoms with Gasteiger partial charge in [0.2, 0.25) is 0 Å². The van der Waals surface area contributed by atoms with Crippen molar-refractivity contribution < 1.29 is 9.47 Å². The van der Waals surface area contributed by atoms with Gasteiger partial charge in [0.15, 0.2) is 0 Å². The molecule has 0 saturated carbocycles. The lowest BCUT2D eigenvalue weighted by atomic mass is 10.1. The molecule has 0 bridgehead atoms. The Morgan fingerprint density at radius 3 is 2.43 bits per heavy atom. The van der Waals surface area contributed by atoms with Gasteiger partial charge in [0.25, 0.3) is 0 Å². The molecule has 0 aliphatic carbocycles. The van der Waals surface area contributed by atoms with Crippen LogP contribution >= 0.6 is 33.9 Å². The van der Waals surface area contributed by atoms with Crippen molar-refractivity contribution in [2.24, 2.45) is 0 Å². The van der Waals surface area contributed by atoms with Gasteiger partial charge in [0.05, 0.1) is 41.5 Å². The van der Waals surface area contributed by atoms with Gasteiger partial charge in [0, 0.05) is 27.0 Å². The molecule has 0 amide bonds. The molecule has 0 saturated heterocycles. The molecule has 2 aromatic heterocycles. The summed E-state index contributed by atoms with van der Waals surface area (Å²) in [6.07, 6.45) is 0. The van der Waals surface area contributed by atoms with Gasteiger partial charge in [-0.2, -0.15) is 0 Å². The van der Waals surface area contributed by atoms with Gasteiger partial charge in [-0.25, -0.2) is 9.97 Å². The quantitative estimate of drug-likeness (QED) is 0.530. The van der Waals surface area contributed by atoms with E-state index in [4.69, 9.17) is 19.4 Å². The third kappa shape index (κ3) is 3.14. The van der Waals surface area contributed by atoms with E-state index in [9.17, 15) is 0 Å². The summed E-state index contributed by atoms with van der Waals surface area (Å²) < 4.78 is 11.9. The molecule has 3 rings (SSSR count). The molecule has 2 heterocycles. The third-order valence-electron chi connectivity index (χ3n) is 3.53. The van der Waals surface area contributed by atoms with Crippen LogP contribution < -0.4 is 9.47 Å². The van der Waals surface area contributed by atoms with Crippen LogP contribution in [0.4, 0.5) is 0 Å². The third-order valence-corrected chi connectivity index (χ3v) is 5.53. The number of pyridine rings is 1. The first-order valence-corrected chi connectivity index (χ1v) is 9.17. The number of fused-ring (bicyclic) bond motifs is 1. The lowest BCUT2D eigenvalue weighted by molar-refractivity contribution is 0.397. The van der Waals surface area contributed by atoms with Gasteiger partial charge < -0.3 is 9.47 Å². The second kappa shape index (κ2) is 6.60. The van der Waals surface area contributed by atoms with Crippen molar-refractivity contribution in [3.05, 3.63) is 32.2 Å². The maximum absolute atomic E-state index is 5.49. The molecule has 0 spiro atoms. The summed E-state index contributed by atoms with van der Waals surface area (Å²) in [4.78, 5) is 9.48. The highest BCUT2D eigenvalue weighted by atomic mass is 127. The van der Waals surface area contributed by atoms with Crippen LogP contribution in [0.3, 0.4) is 0 Å². The van der Waals surface area contributed by atoms with Gasteiger partial charge in [-0.15, -0.1) is 11.3 Å². The lowest BCUT2D eigenvalue weighted by Gasteiger charge is -2.11. The predicted octanol–water partition coefficient (Wildman–Crippen LogP) is 5.10. The van der Waals surface area contributed by atoms with Crippen LogP contribution in [-0.2, 0) is 0 Å².